The number of cyclic esters (lactones) is 1. The van der Waals surface area contributed by atoms with Crippen molar-refractivity contribution in [2.24, 2.45) is 45.3 Å². The lowest BCUT2D eigenvalue weighted by Gasteiger charge is -2.72. The van der Waals surface area contributed by atoms with Crippen LogP contribution in [-0.2, 0) is 9.53 Å². The summed E-state index contributed by atoms with van der Waals surface area (Å²) in [5, 5.41) is 13.0. The molecular formula is C53H70N2O5. The Kier molecular flexibility index (Phi) is 17.1. The molecule has 1 saturated heterocycles. The van der Waals surface area contributed by atoms with E-state index in [0.29, 0.717) is 42.4 Å². The second-order valence-corrected chi connectivity index (χ2v) is 18.4. The molecule has 8 rings (SSSR count). The number of amides is 2. The fraction of sp³-hybridized carbons (Fsp3) is 0.528. The third kappa shape index (κ3) is 9.25. The lowest BCUT2D eigenvalue weighted by atomic mass is 9.33. The van der Waals surface area contributed by atoms with Crippen molar-refractivity contribution < 1.29 is 24.2 Å². The molecule has 2 amide bonds. The summed E-state index contributed by atoms with van der Waals surface area (Å²) < 4.78 is 5.07. The molecule has 5 aliphatic carbocycles. The number of hydrogen-bond acceptors (Lipinski definition) is 4. The third-order valence-corrected chi connectivity index (χ3v) is 15.6. The van der Waals surface area contributed by atoms with E-state index in [2.05, 4.69) is 91.1 Å². The van der Waals surface area contributed by atoms with Crippen LogP contribution in [0.4, 0.5) is 4.79 Å². The number of carbonyl (C=O) groups excluding carboxylic acids is 2. The topological polar surface area (TPSA) is 95.9 Å². The van der Waals surface area contributed by atoms with E-state index < -0.39 is 5.97 Å². The maximum atomic E-state index is 13.3. The molecule has 1 heterocycles. The number of aromatic carboxylic acids is 1. The first-order valence-corrected chi connectivity index (χ1v) is 21.5. The molecule has 7 nitrogen and oxygen atoms in total. The highest BCUT2D eigenvalue weighted by Crippen LogP contribution is 2.76. The smallest absolute Gasteiger partial charge is 0.410 e. The summed E-state index contributed by atoms with van der Waals surface area (Å²) in [7, 11) is 0. The lowest BCUT2D eigenvalue weighted by molar-refractivity contribution is -0.217. The molecule has 0 radical (unpaired) electrons. The van der Waals surface area contributed by atoms with Crippen LogP contribution in [0.5, 0.6) is 0 Å². The van der Waals surface area contributed by atoms with E-state index in [-0.39, 0.29) is 45.7 Å². The number of benzene rings is 2. The zero-order valence-corrected chi connectivity index (χ0v) is 37.1. The quantitative estimate of drug-likeness (QED) is 0.231. The van der Waals surface area contributed by atoms with E-state index in [9.17, 15) is 19.5 Å². The Hall–Kier alpha value is -5.19. The van der Waals surface area contributed by atoms with Gasteiger partial charge in [0.15, 0.2) is 0 Å². The van der Waals surface area contributed by atoms with Crippen molar-refractivity contribution in [2.45, 2.75) is 111 Å². The van der Waals surface area contributed by atoms with Gasteiger partial charge < -0.3 is 15.2 Å². The molecule has 5 fully saturated rings. The number of ether oxygens (including phenoxy) is 1. The van der Waals surface area contributed by atoms with Crippen molar-refractivity contribution in [3.05, 3.63) is 90.5 Å². The van der Waals surface area contributed by atoms with Crippen molar-refractivity contribution in [1.82, 2.24) is 10.2 Å². The minimum absolute atomic E-state index is 0.00393. The molecule has 1 aliphatic heterocycles. The van der Waals surface area contributed by atoms with Gasteiger partial charge in [-0.1, -0.05) is 102 Å². The second-order valence-electron chi connectivity index (χ2n) is 18.4. The van der Waals surface area contributed by atoms with Crippen LogP contribution in [0.1, 0.15) is 122 Å². The summed E-state index contributed by atoms with van der Waals surface area (Å²) in [5.74, 6) is 1.39. The van der Waals surface area contributed by atoms with Gasteiger partial charge in [0.1, 0.15) is 13.2 Å². The van der Waals surface area contributed by atoms with Crippen molar-refractivity contribution in [2.75, 3.05) is 19.7 Å². The molecule has 4 saturated carbocycles. The maximum absolute atomic E-state index is 13.3. The van der Waals surface area contributed by atoms with Gasteiger partial charge in [-0.25, -0.2) is 9.59 Å². The minimum Gasteiger partial charge on any atom is -0.478 e. The number of allylic oxidation sites excluding steroid dienone is 3. The number of nitrogens with one attached hydrogen (secondary N) is 1. The van der Waals surface area contributed by atoms with Gasteiger partial charge in [-0.05, 0) is 133 Å². The number of hydrogen-bond donors (Lipinski definition) is 2. The highest BCUT2D eigenvalue weighted by Gasteiger charge is 2.69. The van der Waals surface area contributed by atoms with Gasteiger partial charge in [-0.15, -0.1) is 45.1 Å². The molecule has 2 aromatic carbocycles. The predicted molar refractivity (Wildman–Crippen MR) is 245 cm³/mol. The van der Waals surface area contributed by atoms with E-state index in [0.717, 1.165) is 31.2 Å². The van der Waals surface area contributed by atoms with Crippen LogP contribution in [0.2, 0.25) is 0 Å². The van der Waals surface area contributed by atoms with Gasteiger partial charge in [-0.2, -0.15) is 0 Å². The number of carboxylic acid groups (broad SMARTS) is 1. The van der Waals surface area contributed by atoms with Crippen LogP contribution in [0.25, 0.3) is 5.57 Å². The maximum Gasteiger partial charge on any atom is 0.410 e. The molecule has 3 unspecified atom stereocenters. The Bertz CT molecular complexity index is 1820. The molecule has 2 N–H and O–H groups in total. The van der Waals surface area contributed by atoms with Crippen LogP contribution < -0.4 is 5.32 Å². The van der Waals surface area contributed by atoms with E-state index in [4.69, 9.17) is 4.74 Å². The van der Waals surface area contributed by atoms with Crippen molar-refractivity contribution in [3.63, 3.8) is 0 Å². The van der Waals surface area contributed by atoms with Crippen molar-refractivity contribution >= 4 is 23.5 Å². The largest absolute Gasteiger partial charge is 0.478 e. The number of fused-ring (bicyclic) bond motifs is 7. The summed E-state index contributed by atoms with van der Waals surface area (Å²) in [5.41, 5.74) is 3.40. The van der Waals surface area contributed by atoms with Crippen LogP contribution in [0.3, 0.4) is 0 Å². The molecule has 8 atom stereocenters. The zero-order chi connectivity index (χ0) is 44.9. The first-order valence-electron chi connectivity index (χ1n) is 21.5. The summed E-state index contributed by atoms with van der Waals surface area (Å²) >= 11 is 0. The minimum atomic E-state index is -0.879. The Balaban J connectivity index is 0.000000558. The average molecular weight is 815 g/mol. The first-order chi connectivity index (χ1) is 28.7. The Morgan fingerprint density at radius 1 is 0.817 bits per heavy atom. The van der Waals surface area contributed by atoms with E-state index >= 15 is 0 Å². The number of terminal acetylenes is 3. The van der Waals surface area contributed by atoms with Gasteiger partial charge in [0.25, 0.3) is 0 Å². The van der Waals surface area contributed by atoms with Crippen molar-refractivity contribution in [1.29, 1.82) is 0 Å². The normalized spacial score (nSPS) is 32.3. The highest BCUT2D eigenvalue weighted by molar-refractivity contribution is 5.88. The Morgan fingerprint density at radius 2 is 1.40 bits per heavy atom. The molecule has 0 bridgehead atoms. The number of carboxylic acids is 1. The molecule has 322 valence electrons. The molecule has 60 heavy (non-hydrogen) atoms. The summed E-state index contributed by atoms with van der Waals surface area (Å²) in [6.07, 6.45) is 39.5. The van der Waals surface area contributed by atoms with Gasteiger partial charge in [0.05, 0.1) is 12.1 Å². The Labute approximate surface area is 362 Å². The Morgan fingerprint density at radius 3 is 1.93 bits per heavy atom. The van der Waals surface area contributed by atoms with Crippen molar-refractivity contribution in [3.8, 4) is 38.5 Å². The summed E-state index contributed by atoms with van der Waals surface area (Å²) in [6.45, 7) is 18.9. The van der Waals surface area contributed by atoms with Gasteiger partial charge >= 0.3 is 12.1 Å². The second kappa shape index (κ2) is 20.9. The molecule has 6 aliphatic rings. The van der Waals surface area contributed by atoms with Gasteiger partial charge in [0.2, 0.25) is 5.91 Å². The number of carbonyl (C=O) groups is 3. The molecule has 0 spiro atoms. The van der Waals surface area contributed by atoms with E-state index in [1.165, 1.54) is 49.0 Å². The fourth-order valence-electron chi connectivity index (χ4n) is 13.1. The average Bonchev–Trinajstić information content (AvgIpc) is 3.86. The molecule has 7 heteroatoms. The molecule has 0 aromatic heterocycles. The SMILES string of the molecule is C#C.C#C.C#C.C=CC.CC1(C)C(c2ccc(C(=O)O)cc2)=CC[C@@]2(C)C1CC[C@]1(C)C2CC[C@@H]2C3CCC[C@]3(NC(=O)CN3CCOC3=O)CC[C@]21C.c1ccccc1. The van der Waals surface area contributed by atoms with E-state index in [1.54, 1.807) is 18.2 Å². The van der Waals surface area contributed by atoms with Crippen LogP contribution >= 0.6 is 0 Å². The molecule has 2 aromatic rings. The van der Waals surface area contributed by atoms with Crippen LogP contribution in [0, 0.1) is 83.9 Å². The highest BCUT2D eigenvalue weighted by atomic mass is 16.6. The predicted octanol–water partition coefficient (Wildman–Crippen LogP) is 11.2. The summed E-state index contributed by atoms with van der Waals surface area (Å²) in [6, 6.07) is 19.5. The monoisotopic (exact) mass is 815 g/mol. The van der Waals surface area contributed by atoms with E-state index in [1.807, 2.05) is 55.5 Å². The number of nitrogens with zero attached hydrogens (tertiary/aromatic N) is 1. The molecular weight excluding hydrogens is 745 g/mol. The summed E-state index contributed by atoms with van der Waals surface area (Å²) in [4.78, 5) is 38.4. The van der Waals surface area contributed by atoms with Crippen LogP contribution in [0.15, 0.2) is 79.4 Å². The lowest BCUT2D eigenvalue weighted by Crippen LogP contribution is -2.68. The standard InChI is InChI=1S/C38H52N2O5.C6H6.C3H6.3C2H2/c1-34(2)26(24-8-10-25(11-9-24)32(42)43)14-17-35(3)29(34)15-18-37(5)30(35)13-12-27-28-7-6-16-38(28,20-19-36(27,37)4)39-31(41)23-40-21-22-45-33(40)44;1-2-4-6-5-3-1;1-3-2;3*1-2/h8-11,14,27-30H,6-7,12-13,15-23H2,1-5H3,(H,39,41)(H,42,43);1-6H;3H,1H2,2H3;3*1-2H/t27-,28?,29?,30?,35+,36-,37-,38+;;;;;/m1...../s1. The first kappa shape index (κ1) is 49.2. The van der Waals surface area contributed by atoms with Gasteiger partial charge in [0, 0.05) is 5.54 Å². The zero-order valence-electron chi connectivity index (χ0n) is 37.1. The number of rotatable bonds is 5. The third-order valence-electron chi connectivity index (χ3n) is 15.6. The van der Waals surface area contributed by atoms with Crippen LogP contribution in [-0.4, -0.2) is 53.2 Å². The fourth-order valence-corrected chi connectivity index (χ4v) is 13.1. The van der Waals surface area contributed by atoms with Gasteiger partial charge in [-0.3, -0.25) is 9.69 Å².